The minimum absolute atomic E-state index is 0.0458. The number of piperidine rings is 1. The molecule has 0 aliphatic carbocycles. The van der Waals surface area contributed by atoms with Crippen LogP contribution < -0.4 is 0 Å². The van der Waals surface area contributed by atoms with Crippen LogP contribution in [0.25, 0.3) is 0 Å². The van der Waals surface area contributed by atoms with E-state index in [-0.39, 0.29) is 23.9 Å². The topological polar surface area (TPSA) is 53.5 Å². The molecule has 1 aromatic heterocycles. The van der Waals surface area contributed by atoms with E-state index < -0.39 is 17.0 Å². The number of carbonyl (C=O) groups is 2. The highest BCUT2D eigenvalue weighted by Gasteiger charge is 2.49. The van der Waals surface area contributed by atoms with Gasteiger partial charge in [-0.15, -0.1) is 11.3 Å². The first-order chi connectivity index (χ1) is 13.0. The lowest BCUT2D eigenvalue weighted by atomic mass is 9.78. The summed E-state index contributed by atoms with van der Waals surface area (Å²) in [4.78, 5) is 33.0. The number of hydrogen-bond acceptors (Lipinski definition) is 4. The molecule has 2 aromatic rings. The lowest BCUT2D eigenvalue weighted by molar-refractivity contribution is -0.146. The van der Waals surface area contributed by atoms with Gasteiger partial charge in [0.25, 0.3) is 5.91 Å². The van der Waals surface area contributed by atoms with Crippen molar-refractivity contribution in [3.05, 3.63) is 52.0 Å². The van der Waals surface area contributed by atoms with E-state index in [4.69, 9.17) is 0 Å². The van der Waals surface area contributed by atoms with Crippen LogP contribution in [-0.2, 0) is 11.3 Å². The average Bonchev–Trinajstić information content (AvgIpc) is 3.33. The second-order valence-corrected chi connectivity index (χ2v) is 7.89. The summed E-state index contributed by atoms with van der Waals surface area (Å²) >= 11 is 1.36. The zero-order chi connectivity index (χ0) is 19.0. The maximum absolute atomic E-state index is 14.0. The van der Waals surface area contributed by atoms with E-state index in [1.54, 1.807) is 20.7 Å². The van der Waals surface area contributed by atoms with Crippen molar-refractivity contribution in [3.8, 4) is 0 Å². The van der Waals surface area contributed by atoms with Gasteiger partial charge in [-0.25, -0.2) is 13.8 Å². The molecule has 2 fully saturated rings. The van der Waals surface area contributed by atoms with Gasteiger partial charge in [0.2, 0.25) is 5.91 Å². The molecule has 1 aromatic carbocycles. The Morgan fingerprint density at radius 1 is 1.26 bits per heavy atom. The van der Waals surface area contributed by atoms with Crippen LogP contribution in [0.4, 0.5) is 8.78 Å². The maximum atomic E-state index is 14.0. The highest BCUT2D eigenvalue weighted by molar-refractivity contribution is 7.07. The van der Waals surface area contributed by atoms with Crippen molar-refractivity contribution in [1.82, 2.24) is 14.8 Å². The predicted molar refractivity (Wildman–Crippen MR) is 96.1 cm³/mol. The fourth-order valence-corrected chi connectivity index (χ4v) is 4.61. The van der Waals surface area contributed by atoms with E-state index >= 15 is 0 Å². The number of benzene rings is 1. The average molecular weight is 391 g/mol. The Morgan fingerprint density at radius 3 is 2.89 bits per heavy atom. The van der Waals surface area contributed by atoms with Crippen molar-refractivity contribution in [3.63, 3.8) is 0 Å². The Morgan fingerprint density at radius 2 is 2.11 bits per heavy atom. The molecular formula is C19H19F2N3O2S. The Bertz CT molecular complexity index is 874. The van der Waals surface area contributed by atoms with Crippen LogP contribution in [0.15, 0.2) is 29.1 Å². The molecule has 142 valence electrons. The Labute approximate surface area is 159 Å². The van der Waals surface area contributed by atoms with Crippen molar-refractivity contribution >= 4 is 23.2 Å². The molecule has 2 amide bonds. The number of aromatic nitrogens is 1. The van der Waals surface area contributed by atoms with Crippen molar-refractivity contribution in [2.45, 2.75) is 25.8 Å². The highest BCUT2D eigenvalue weighted by Crippen LogP contribution is 2.41. The summed E-state index contributed by atoms with van der Waals surface area (Å²) in [5.74, 6) is -2.05. The predicted octanol–water partition coefficient (Wildman–Crippen LogP) is 3.08. The lowest BCUT2D eigenvalue weighted by Gasteiger charge is -2.39. The summed E-state index contributed by atoms with van der Waals surface area (Å²) in [5.41, 5.74) is 1.56. The number of thiazole rings is 1. The molecule has 2 aliphatic heterocycles. The Hall–Kier alpha value is -2.35. The summed E-state index contributed by atoms with van der Waals surface area (Å²) in [6, 6.07) is 4.01. The Kier molecular flexibility index (Phi) is 4.67. The van der Waals surface area contributed by atoms with Crippen LogP contribution in [0, 0.1) is 17.0 Å². The van der Waals surface area contributed by atoms with Gasteiger partial charge in [-0.3, -0.25) is 9.59 Å². The number of amides is 2. The monoisotopic (exact) mass is 391 g/mol. The van der Waals surface area contributed by atoms with Gasteiger partial charge in [0.05, 0.1) is 10.9 Å². The van der Waals surface area contributed by atoms with Gasteiger partial charge in [0, 0.05) is 37.1 Å². The lowest BCUT2D eigenvalue weighted by Crippen LogP contribution is -2.50. The normalized spacial score (nSPS) is 22.7. The zero-order valence-electron chi connectivity index (χ0n) is 14.7. The standard InChI is InChI=1S/C19H19F2N3O2S/c20-14-4-1-3-13(16(14)21)9-23-7-2-5-19(18(23)26)6-8-24(11-19)17(25)15-10-27-12-22-15/h1,3-4,10,12H,2,5-9,11H2/t19-/m0/s1. The van der Waals surface area contributed by atoms with Crippen molar-refractivity contribution in [2.75, 3.05) is 19.6 Å². The third-order valence-corrected chi connectivity index (χ3v) is 6.10. The Balaban J connectivity index is 1.50. The molecule has 5 nitrogen and oxygen atoms in total. The van der Waals surface area contributed by atoms with E-state index in [1.807, 2.05) is 0 Å². The zero-order valence-corrected chi connectivity index (χ0v) is 15.5. The molecule has 0 radical (unpaired) electrons. The molecule has 1 spiro atoms. The molecule has 1 atom stereocenters. The second-order valence-electron chi connectivity index (χ2n) is 7.17. The largest absolute Gasteiger partial charge is 0.338 e. The summed E-state index contributed by atoms with van der Waals surface area (Å²) in [7, 11) is 0. The second kappa shape index (κ2) is 6.99. The van der Waals surface area contributed by atoms with Crippen LogP contribution in [0.5, 0.6) is 0 Å². The molecule has 8 heteroatoms. The summed E-state index contributed by atoms with van der Waals surface area (Å²) < 4.78 is 27.5. The van der Waals surface area contributed by atoms with E-state index in [0.29, 0.717) is 38.2 Å². The van der Waals surface area contributed by atoms with Crippen LogP contribution in [0.1, 0.15) is 35.3 Å². The number of likely N-dealkylation sites (tertiary alicyclic amines) is 2. The summed E-state index contributed by atoms with van der Waals surface area (Å²) in [6.07, 6.45) is 2.07. The molecule has 0 saturated carbocycles. The van der Waals surface area contributed by atoms with Crippen LogP contribution in [0.2, 0.25) is 0 Å². The van der Waals surface area contributed by atoms with E-state index in [0.717, 1.165) is 12.5 Å². The number of rotatable bonds is 3. The van der Waals surface area contributed by atoms with E-state index in [2.05, 4.69) is 4.98 Å². The fourth-order valence-electron chi connectivity index (χ4n) is 4.08. The molecule has 2 aliphatic rings. The SMILES string of the molecule is O=C(c1cscn1)N1CC[C@@]2(CCCN(Cc3cccc(F)c3F)C2=O)C1. The third-order valence-electron chi connectivity index (χ3n) is 5.51. The molecule has 0 unspecified atom stereocenters. The van der Waals surface area contributed by atoms with Gasteiger partial charge in [-0.05, 0) is 25.3 Å². The molecule has 0 N–H and O–H groups in total. The van der Waals surface area contributed by atoms with E-state index in [1.165, 1.54) is 23.5 Å². The molecule has 0 bridgehead atoms. The van der Waals surface area contributed by atoms with E-state index in [9.17, 15) is 18.4 Å². The van der Waals surface area contributed by atoms with Crippen molar-refractivity contribution in [1.29, 1.82) is 0 Å². The van der Waals surface area contributed by atoms with Gasteiger partial charge in [0.1, 0.15) is 5.69 Å². The first-order valence-electron chi connectivity index (χ1n) is 8.90. The summed E-state index contributed by atoms with van der Waals surface area (Å²) in [6.45, 7) is 1.41. The van der Waals surface area contributed by atoms with Crippen LogP contribution in [0.3, 0.4) is 0 Å². The van der Waals surface area contributed by atoms with Gasteiger partial charge in [-0.1, -0.05) is 12.1 Å². The molecule has 2 saturated heterocycles. The van der Waals surface area contributed by atoms with Crippen molar-refractivity contribution < 1.29 is 18.4 Å². The minimum Gasteiger partial charge on any atom is -0.338 e. The van der Waals surface area contributed by atoms with Crippen LogP contribution >= 0.6 is 11.3 Å². The smallest absolute Gasteiger partial charge is 0.273 e. The quantitative estimate of drug-likeness (QED) is 0.808. The van der Waals surface area contributed by atoms with Gasteiger partial charge in [-0.2, -0.15) is 0 Å². The third kappa shape index (κ3) is 3.22. The number of halogens is 2. The summed E-state index contributed by atoms with van der Waals surface area (Å²) in [5, 5.41) is 1.70. The number of nitrogens with zero attached hydrogens (tertiary/aromatic N) is 3. The van der Waals surface area contributed by atoms with Gasteiger partial charge >= 0.3 is 0 Å². The van der Waals surface area contributed by atoms with Crippen LogP contribution in [-0.4, -0.2) is 46.2 Å². The highest BCUT2D eigenvalue weighted by atomic mass is 32.1. The first kappa shape index (κ1) is 18.0. The molecule has 4 rings (SSSR count). The van der Waals surface area contributed by atoms with Crippen molar-refractivity contribution in [2.24, 2.45) is 5.41 Å². The minimum atomic E-state index is -0.910. The molecule has 3 heterocycles. The fraction of sp³-hybridized carbons (Fsp3) is 0.421. The maximum Gasteiger partial charge on any atom is 0.273 e. The number of hydrogen-bond donors (Lipinski definition) is 0. The molecule has 27 heavy (non-hydrogen) atoms. The number of carbonyl (C=O) groups excluding carboxylic acids is 2. The molecular weight excluding hydrogens is 372 g/mol. The van der Waals surface area contributed by atoms with Gasteiger partial charge in [0.15, 0.2) is 11.6 Å². The first-order valence-corrected chi connectivity index (χ1v) is 9.84. The van der Waals surface area contributed by atoms with Gasteiger partial charge < -0.3 is 9.80 Å².